The number of alkyl halides is 3. The van der Waals surface area contributed by atoms with Crippen LogP contribution >= 0.6 is 11.6 Å². The highest BCUT2D eigenvalue weighted by Crippen LogP contribution is 2.42. The van der Waals surface area contributed by atoms with Crippen LogP contribution in [-0.4, -0.2) is 12.0 Å². The first-order valence-electron chi connectivity index (χ1n) is 6.82. The molecule has 1 aromatic carbocycles. The second-order valence-corrected chi connectivity index (χ2v) is 5.84. The molecular weight excluding hydrogens is 308 g/mol. The second kappa shape index (κ2) is 6.34. The molecular formula is C15H15ClF4O. The Kier molecular flexibility index (Phi) is 4.91. The minimum Gasteiger partial charge on any atom is -0.299 e. The molecule has 1 aliphatic carbocycles. The van der Waals surface area contributed by atoms with E-state index in [1.807, 2.05) is 0 Å². The van der Waals surface area contributed by atoms with Gasteiger partial charge in [-0.25, -0.2) is 4.39 Å². The van der Waals surface area contributed by atoms with Crippen LogP contribution in [-0.2, 0) is 11.2 Å². The van der Waals surface area contributed by atoms with Crippen LogP contribution in [0.4, 0.5) is 17.6 Å². The Labute approximate surface area is 125 Å². The molecule has 0 aromatic heterocycles. The lowest BCUT2D eigenvalue weighted by Crippen LogP contribution is -2.37. The molecule has 6 heteroatoms. The first kappa shape index (κ1) is 16.3. The third-order valence-corrected chi connectivity index (χ3v) is 4.27. The molecule has 1 aromatic rings. The van der Waals surface area contributed by atoms with Crippen LogP contribution in [0.5, 0.6) is 0 Å². The van der Waals surface area contributed by atoms with Crippen molar-refractivity contribution in [3.63, 3.8) is 0 Å². The molecule has 0 N–H and O–H groups in total. The number of rotatable bonds is 3. The molecule has 0 amide bonds. The molecule has 0 saturated heterocycles. The molecule has 1 aliphatic rings. The zero-order chi connectivity index (χ0) is 15.6. The summed E-state index contributed by atoms with van der Waals surface area (Å²) in [5, 5.41) is -0.0722. The summed E-state index contributed by atoms with van der Waals surface area (Å²) in [5.41, 5.74) is 0.355. The van der Waals surface area contributed by atoms with E-state index in [-0.39, 0.29) is 24.3 Å². The van der Waals surface area contributed by atoms with Gasteiger partial charge >= 0.3 is 6.18 Å². The quantitative estimate of drug-likeness (QED) is 0.719. The topological polar surface area (TPSA) is 17.1 Å². The lowest BCUT2D eigenvalue weighted by atomic mass is 9.75. The predicted molar refractivity (Wildman–Crippen MR) is 71.6 cm³/mol. The standard InChI is InChI=1S/C15H15ClF4O/c16-12-6-5-9(7-13(12)17)8-14(21)10-3-1-2-4-11(10)15(18,19)20/h5-7,10-11H,1-4,8H2. The number of carbonyl (C=O) groups is 1. The molecule has 1 fully saturated rings. The Balaban J connectivity index is 2.12. The average molecular weight is 323 g/mol. The lowest BCUT2D eigenvalue weighted by molar-refractivity contribution is -0.197. The Hall–Kier alpha value is -1.10. The van der Waals surface area contributed by atoms with Gasteiger partial charge < -0.3 is 0 Å². The normalized spacial score (nSPS) is 23.1. The molecule has 0 radical (unpaired) electrons. The van der Waals surface area contributed by atoms with Crippen LogP contribution in [0.15, 0.2) is 18.2 Å². The maximum absolute atomic E-state index is 13.3. The van der Waals surface area contributed by atoms with Gasteiger partial charge in [-0.15, -0.1) is 0 Å². The number of hydrogen-bond acceptors (Lipinski definition) is 1. The van der Waals surface area contributed by atoms with Gasteiger partial charge in [0.05, 0.1) is 10.9 Å². The minimum absolute atomic E-state index is 0.00507. The maximum atomic E-state index is 13.3. The van der Waals surface area contributed by atoms with Gasteiger partial charge in [-0.2, -0.15) is 13.2 Å². The van der Waals surface area contributed by atoms with Crippen LogP contribution < -0.4 is 0 Å². The first-order valence-corrected chi connectivity index (χ1v) is 7.20. The summed E-state index contributed by atoms with van der Waals surface area (Å²) in [6, 6.07) is 3.88. The number of halogens is 5. The van der Waals surface area contributed by atoms with E-state index in [2.05, 4.69) is 0 Å². The maximum Gasteiger partial charge on any atom is 0.392 e. The monoisotopic (exact) mass is 322 g/mol. The molecule has 0 spiro atoms. The van der Waals surface area contributed by atoms with E-state index in [4.69, 9.17) is 11.6 Å². The molecule has 0 aliphatic heterocycles. The second-order valence-electron chi connectivity index (χ2n) is 5.43. The van der Waals surface area contributed by atoms with Gasteiger partial charge in [0.2, 0.25) is 0 Å². The molecule has 2 rings (SSSR count). The number of hydrogen-bond donors (Lipinski definition) is 0. The molecule has 2 atom stereocenters. The fourth-order valence-corrected chi connectivity index (χ4v) is 3.01. The summed E-state index contributed by atoms with van der Waals surface area (Å²) in [5.74, 6) is -3.73. The fraction of sp³-hybridized carbons (Fsp3) is 0.533. The first-order chi connectivity index (χ1) is 9.79. The Morgan fingerprint density at radius 1 is 1.24 bits per heavy atom. The summed E-state index contributed by atoms with van der Waals surface area (Å²) in [6.07, 6.45) is -3.19. The van der Waals surface area contributed by atoms with Crippen molar-refractivity contribution in [2.45, 2.75) is 38.3 Å². The zero-order valence-electron chi connectivity index (χ0n) is 11.2. The SMILES string of the molecule is O=C(Cc1ccc(Cl)c(F)c1)C1CCCCC1C(F)(F)F. The van der Waals surface area contributed by atoms with Crippen molar-refractivity contribution in [2.24, 2.45) is 11.8 Å². The summed E-state index contributed by atoms with van der Waals surface area (Å²) in [6.45, 7) is 0. The van der Waals surface area contributed by atoms with Crippen LogP contribution in [0.1, 0.15) is 31.2 Å². The highest BCUT2D eigenvalue weighted by Gasteiger charge is 2.47. The lowest BCUT2D eigenvalue weighted by Gasteiger charge is -2.32. The van der Waals surface area contributed by atoms with Crippen LogP contribution in [0.2, 0.25) is 5.02 Å². The van der Waals surface area contributed by atoms with Crippen molar-refractivity contribution in [1.29, 1.82) is 0 Å². The fourth-order valence-electron chi connectivity index (χ4n) is 2.89. The highest BCUT2D eigenvalue weighted by molar-refractivity contribution is 6.30. The zero-order valence-corrected chi connectivity index (χ0v) is 12.0. The largest absolute Gasteiger partial charge is 0.392 e. The molecule has 21 heavy (non-hydrogen) atoms. The number of Topliss-reactive ketones (excluding diaryl/α,β-unsaturated/α-hetero) is 1. The summed E-state index contributed by atoms with van der Waals surface area (Å²) >= 11 is 5.54. The highest BCUT2D eigenvalue weighted by atomic mass is 35.5. The molecule has 1 saturated carbocycles. The summed E-state index contributed by atoms with van der Waals surface area (Å²) < 4.78 is 52.2. The number of benzene rings is 1. The third-order valence-electron chi connectivity index (χ3n) is 3.96. The van der Waals surface area contributed by atoms with Gasteiger partial charge in [0.25, 0.3) is 0 Å². The van der Waals surface area contributed by atoms with Gasteiger partial charge in [0.15, 0.2) is 0 Å². The van der Waals surface area contributed by atoms with Gasteiger partial charge in [0, 0.05) is 12.3 Å². The minimum atomic E-state index is -4.36. The van der Waals surface area contributed by atoms with E-state index in [1.165, 1.54) is 12.1 Å². The Bertz CT molecular complexity index is 527. The number of carbonyl (C=O) groups excluding carboxylic acids is 1. The number of ketones is 1. The molecule has 116 valence electrons. The molecule has 0 heterocycles. The van der Waals surface area contributed by atoms with Crippen molar-refractivity contribution < 1.29 is 22.4 Å². The van der Waals surface area contributed by atoms with E-state index in [9.17, 15) is 22.4 Å². The van der Waals surface area contributed by atoms with E-state index >= 15 is 0 Å². The van der Waals surface area contributed by atoms with E-state index in [1.54, 1.807) is 0 Å². The molecule has 2 unspecified atom stereocenters. The predicted octanol–water partition coefficient (Wildman–Crippen LogP) is 4.96. The van der Waals surface area contributed by atoms with Crippen molar-refractivity contribution in [2.75, 3.05) is 0 Å². The molecule has 0 bridgehead atoms. The van der Waals surface area contributed by atoms with Gasteiger partial charge in [-0.3, -0.25) is 4.79 Å². The Morgan fingerprint density at radius 3 is 2.52 bits per heavy atom. The van der Waals surface area contributed by atoms with Gasteiger partial charge in [0.1, 0.15) is 11.6 Å². The van der Waals surface area contributed by atoms with E-state index in [0.29, 0.717) is 18.4 Å². The van der Waals surface area contributed by atoms with Crippen molar-refractivity contribution in [3.05, 3.63) is 34.6 Å². The van der Waals surface area contributed by atoms with Crippen molar-refractivity contribution in [1.82, 2.24) is 0 Å². The van der Waals surface area contributed by atoms with Crippen molar-refractivity contribution >= 4 is 17.4 Å². The van der Waals surface area contributed by atoms with Crippen LogP contribution in [0.3, 0.4) is 0 Å². The van der Waals surface area contributed by atoms with Crippen LogP contribution in [0, 0.1) is 17.7 Å². The van der Waals surface area contributed by atoms with Crippen LogP contribution in [0.25, 0.3) is 0 Å². The third kappa shape index (κ3) is 3.96. The van der Waals surface area contributed by atoms with Gasteiger partial charge in [-0.05, 0) is 30.5 Å². The smallest absolute Gasteiger partial charge is 0.299 e. The Morgan fingerprint density at radius 2 is 1.90 bits per heavy atom. The van der Waals surface area contributed by atoms with E-state index in [0.717, 1.165) is 6.07 Å². The van der Waals surface area contributed by atoms with Crippen molar-refractivity contribution in [3.8, 4) is 0 Å². The van der Waals surface area contributed by atoms with Gasteiger partial charge in [-0.1, -0.05) is 30.5 Å². The summed E-state index contributed by atoms with van der Waals surface area (Å²) in [4.78, 5) is 12.2. The summed E-state index contributed by atoms with van der Waals surface area (Å²) in [7, 11) is 0. The molecule has 1 nitrogen and oxygen atoms in total. The van der Waals surface area contributed by atoms with E-state index < -0.39 is 29.6 Å². The average Bonchev–Trinajstić information content (AvgIpc) is 2.42.